The predicted molar refractivity (Wildman–Crippen MR) is 113 cm³/mol. The van der Waals surface area contributed by atoms with Gasteiger partial charge in [0.05, 0.1) is 17.0 Å². The van der Waals surface area contributed by atoms with Crippen LogP contribution in [0.1, 0.15) is 24.3 Å². The Morgan fingerprint density at radius 1 is 1.00 bits per heavy atom. The lowest BCUT2D eigenvalue weighted by atomic mass is 9.93. The molecule has 1 aliphatic rings. The molecule has 0 aliphatic heterocycles. The molecule has 1 heterocycles. The number of amides is 1. The van der Waals surface area contributed by atoms with E-state index in [-0.39, 0.29) is 11.8 Å². The van der Waals surface area contributed by atoms with Gasteiger partial charge >= 0.3 is 0 Å². The van der Waals surface area contributed by atoms with E-state index in [1.54, 1.807) is 0 Å². The van der Waals surface area contributed by atoms with Crippen LogP contribution >= 0.6 is 0 Å². The summed E-state index contributed by atoms with van der Waals surface area (Å²) >= 11 is 0. The van der Waals surface area contributed by atoms with Gasteiger partial charge in [-0.3, -0.25) is 4.79 Å². The highest BCUT2D eigenvalue weighted by atomic mass is 16.5. The van der Waals surface area contributed by atoms with Gasteiger partial charge in [-0.15, -0.1) is 0 Å². The van der Waals surface area contributed by atoms with Crippen LogP contribution in [0.25, 0.3) is 22.4 Å². The van der Waals surface area contributed by atoms with E-state index in [1.807, 2.05) is 72.8 Å². The van der Waals surface area contributed by atoms with Crippen LogP contribution in [0.15, 0.2) is 72.8 Å². The molecule has 4 aromatic rings. The summed E-state index contributed by atoms with van der Waals surface area (Å²) in [6, 6.07) is 23.4. The lowest BCUT2D eigenvalue weighted by Crippen LogP contribution is -2.22. The molecule has 0 radical (unpaired) electrons. The minimum Gasteiger partial charge on any atom is -0.457 e. The first-order chi connectivity index (χ1) is 14.2. The Labute approximate surface area is 168 Å². The highest BCUT2D eigenvalue weighted by Crippen LogP contribution is 2.43. The van der Waals surface area contributed by atoms with Crippen molar-refractivity contribution >= 4 is 16.9 Å². The number of carbonyl (C=O) groups is 1. The number of hydrogen-bond acceptors (Lipinski definition) is 3. The van der Waals surface area contributed by atoms with E-state index in [0.717, 1.165) is 52.3 Å². The first kappa shape index (κ1) is 17.5. The van der Waals surface area contributed by atoms with E-state index in [2.05, 4.69) is 9.97 Å². The zero-order valence-corrected chi connectivity index (χ0v) is 15.8. The van der Waals surface area contributed by atoms with Gasteiger partial charge in [0.15, 0.2) is 0 Å². The summed E-state index contributed by atoms with van der Waals surface area (Å²) in [6.45, 7) is 0. The number of nitrogens with zero attached hydrogens (tertiary/aromatic N) is 1. The van der Waals surface area contributed by atoms with Gasteiger partial charge in [0.2, 0.25) is 5.91 Å². The number of imidazole rings is 1. The predicted octanol–water partition coefficient (Wildman–Crippen LogP) is 5.00. The highest BCUT2D eigenvalue weighted by molar-refractivity contribution is 5.86. The van der Waals surface area contributed by atoms with Gasteiger partial charge in [0.25, 0.3) is 0 Å². The lowest BCUT2D eigenvalue weighted by Gasteiger charge is -2.12. The minimum absolute atomic E-state index is 0.208. The molecule has 1 fully saturated rings. The van der Waals surface area contributed by atoms with Crippen LogP contribution in [0.2, 0.25) is 0 Å². The molecule has 0 spiro atoms. The molecule has 1 amide bonds. The first-order valence-electron chi connectivity index (χ1n) is 9.80. The van der Waals surface area contributed by atoms with Crippen LogP contribution in [0.5, 0.6) is 11.5 Å². The van der Waals surface area contributed by atoms with Crippen LogP contribution in [0, 0.1) is 5.92 Å². The molecule has 144 valence electrons. The SMILES string of the molecule is NC(=O)C(c1ccc2nc(-c3ccc(Oc4ccccc4)cc3)[nH]c2c1)C1CC1. The second-order valence-electron chi connectivity index (χ2n) is 7.52. The Morgan fingerprint density at radius 3 is 2.41 bits per heavy atom. The zero-order valence-electron chi connectivity index (χ0n) is 15.8. The average molecular weight is 383 g/mol. The summed E-state index contributed by atoms with van der Waals surface area (Å²) in [6.07, 6.45) is 2.13. The summed E-state index contributed by atoms with van der Waals surface area (Å²) in [5, 5.41) is 0. The second-order valence-corrected chi connectivity index (χ2v) is 7.52. The summed E-state index contributed by atoms with van der Waals surface area (Å²) < 4.78 is 5.85. The molecule has 1 saturated carbocycles. The van der Waals surface area contributed by atoms with E-state index in [0.29, 0.717) is 5.92 Å². The summed E-state index contributed by atoms with van der Waals surface area (Å²) in [4.78, 5) is 20.0. The van der Waals surface area contributed by atoms with Gasteiger partial charge < -0.3 is 15.5 Å². The summed E-state index contributed by atoms with van der Waals surface area (Å²) in [7, 11) is 0. The van der Waals surface area contributed by atoms with Crippen molar-refractivity contribution < 1.29 is 9.53 Å². The Hall–Kier alpha value is -3.60. The number of rotatable bonds is 6. The van der Waals surface area contributed by atoms with Gasteiger partial charge in [0, 0.05) is 5.56 Å². The van der Waals surface area contributed by atoms with Crippen molar-refractivity contribution in [3.8, 4) is 22.9 Å². The Bertz CT molecular complexity index is 1160. The van der Waals surface area contributed by atoms with Gasteiger partial charge in [-0.25, -0.2) is 4.98 Å². The van der Waals surface area contributed by atoms with Crippen molar-refractivity contribution in [2.45, 2.75) is 18.8 Å². The fraction of sp³-hybridized carbons (Fsp3) is 0.167. The van der Waals surface area contributed by atoms with Crippen LogP contribution in [-0.4, -0.2) is 15.9 Å². The number of nitrogens with two attached hydrogens (primary N) is 1. The number of H-pyrrole nitrogens is 1. The molecule has 5 nitrogen and oxygen atoms in total. The van der Waals surface area contributed by atoms with Crippen molar-refractivity contribution in [3.05, 3.63) is 78.4 Å². The van der Waals surface area contributed by atoms with Crippen molar-refractivity contribution in [1.82, 2.24) is 9.97 Å². The highest BCUT2D eigenvalue weighted by Gasteiger charge is 2.36. The van der Waals surface area contributed by atoms with Crippen LogP contribution in [0.4, 0.5) is 0 Å². The number of hydrogen-bond donors (Lipinski definition) is 2. The number of aromatic amines is 1. The number of primary amides is 1. The minimum atomic E-state index is -0.249. The number of para-hydroxylation sites is 1. The number of nitrogens with one attached hydrogen (secondary N) is 1. The number of aromatic nitrogens is 2. The number of ether oxygens (including phenoxy) is 1. The number of carbonyl (C=O) groups excluding carboxylic acids is 1. The molecule has 1 aromatic heterocycles. The van der Waals surface area contributed by atoms with E-state index < -0.39 is 0 Å². The molecule has 0 saturated heterocycles. The maximum Gasteiger partial charge on any atom is 0.225 e. The molecule has 5 rings (SSSR count). The zero-order chi connectivity index (χ0) is 19.8. The Balaban J connectivity index is 1.41. The third-order valence-electron chi connectivity index (χ3n) is 5.37. The third kappa shape index (κ3) is 3.59. The van der Waals surface area contributed by atoms with Crippen molar-refractivity contribution in [2.75, 3.05) is 0 Å². The molecule has 1 aliphatic carbocycles. The van der Waals surface area contributed by atoms with Gasteiger partial charge in [-0.2, -0.15) is 0 Å². The van der Waals surface area contributed by atoms with Gasteiger partial charge in [0.1, 0.15) is 17.3 Å². The summed E-state index contributed by atoms with van der Waals surface area (Å²) in [5.41, 5.74) is 9.36. The van der Waals surface area contributed by atoms with Crippen molar-refractivity contribution in [2.24, 2.45) is 11.7 Å². The molecule has 5 heteroatoms. The summed E-state index contributed by atoms with van der Waals surface area (Å²) in [5.74, 6) is 2.28. The molecular formula is C24H21N3O2. The van der Waals surface area contributed by atoms with E-state index in [4.69, 9.17) is 10.5 Å². The topological polar surface area (TPSA) is 81.0 Å². The van der Waals surface area contributed by atoms with Crippen LogP contribution < -0.4 is 10.5 Å². The fourth-order valence-corrected chi connectivity index (χ4v) is 3.76. The third-order valence-corrected chi connectivity index (χ3v) is 5.37. The molecule has 1 unspecified atom stereocenters. The largest absolute Gasteiger partial charge is 0.457 e. The molecule has 0 bridgehead atoms. The second kappa shape index (κ2) is 7.09. The van der Waals surface area contributed by atoms with Gasteiger partial charge in [-0.05, 0) is 72.9 Å². The maximum atomic E-state index is 11.9. The molecule has 29 heavy (non-hydrogen) atoms. The fourth-order valence-electron chi connectivity index (χ4n) is 3.76. The smallest absolute Gasteiger partial charge is 0.225 e. The van der Waals surface area contributed by atoms with Crippen molar-refractivity contribution in [1.29, 1.82) is 0 Å². The monoisotopic (exact) mass is 383 g/mol. The number of benzene rings is 3. The maximum absolute atomic E-state index is 11.9. The standard InChI is InChI=1S/C24H21N3O2/c25-23(28)22(15-6-7-15)17-10-13-20-21(14-17)27-24(26-20)16-8-11-19(12-9-16)29-18-4-2-1-3-5-18/h1-5,8-15,22H,6-7H2,(H2,25,28)(H,26,27). The van der Waals surface area contributed by atoms with E-state index in [9.17, 15) is 4.79 Å². The van der Waals surface area contributed by atoms with Crippen LogP contribution in [-0.2, 0) is 4.79 Å². The van der Waals surface area contributed by atoms with Gasteiger partial charge in [-0.1, -0.05) is 24.3 Å². The van der Waals surface area contributed by atoms with Crippen LogP contribution in [0.3, 0.4) is 0 Å². The van der Waals surface area contributed by atoms with E-state index in [1.165, 1.54) is 0 Å². The molecule has 1 atom stereocenters. The Kier molecular flexibility index (Phi) is 4.28. The lowest BCUT2D eigenvalue weighted by molar-refractivity contribution is -0.119. The normalized spacial score (nSPS) is 14.6. The quantitative estimate of drug-likeness (QED) is 0.491. The first-order valence-corrected chi connectivity index (χ1v) is 9.80. The number of fused-ring (bicyclic) bond motifs is 1. The molecule has 3 N–H and O–H groups in total. The molecule has 3 aromatic carbocycles. The van der Waals surface area contributed by atoms with E-state index >= 15 is 0 Å². The van der Waals surface area contributed by atoms with Crippen molar-refractivity contribution in [3.63, 3.8) is 0 Å². The average Bonchev–Trinajstić information content (AvgIpc) is 3.46. The Morgan fingerprint density at radius 2 is 1.72 bits per heavy atom. The molecular weight excluding hydrogens is 362 g/mol.